The van der Waals surface area contributed by atoms with Crippen LogP contribution in [-0.4, -0.2) is 136 Å². The van der Waals surface area contributed by atoms with E-state index >= 15 is 0 Å². The summed E-state index contributed by atoms with van der Waals surface area (Å²) in [6, 6.07) is 9.39. The molecule has 6 aromatic heterocycles. The molecule has 0 atom stereocenters. The number of fused-ring (bicyclic) bond motifs is 6. The van der Waals surface area contributed by atoms with Crippen molar-refractivity contribution in [1.82, 2.24) is 74.3 Å². The summed E-state index contributed by atoms with van der Waals surface area (Å²) in [7, 11) is 6.07. The fraction of sp³-hybridized carbons (Fsp3) is 0.375. The molecule has 0 aromatic carbocycles. The van der Waals surface area contributed by atoms with E-state index in [9.17, 15) is 28.8 Å². The smallest absolute Gasteiger partial charge is 0.276 e. The van der Waals surface area contributed by atoms with E-state index in [1.165, 1.54) is 50.9 Å². The lowest BCUT2D eigenvalue weighted by molar-refractivity contribution is 0.0790. The highest BCUT2D eigenvalue weighted by molar-refractivity contribution is 9.10. The molecule has 398 valence electrons. The molecular formula is C48H52BrCl3N18O6. The lowest BCUT2D eigenvalue weighted by atomic mass is 9.97. The van der Waals surface area contributed by atoms with Gasteiger partial charge in [-0.1, -0.05) is 34.8 Å². The summed E-state index contributed by atoms with van der Waals surface area (Å²) in [5, 5.41) is 15.7. The molecule has 28 heteroatoms. The van der Waals surface area contributed by atoms with E-state index in [2.05, 4.69) is 87.1 Å². The fourth-order valence-electron chi connectivity index (χ4n) is 10.1. The highest BCUT2D eigenvalue weighted by Crippen LogP contribution is 2.38. The van der Waals surface area contributed by atoms with Gasteiger partial charge in [-0.3, -0.25) is 42.5 Å². The van der Waals surface area contributed by atoms with E-state index < -0.39 is 17.0 Å². The van der Waals surface area contributed by atoms with Gasteiger partial charge in [0.2, 0.25) is 0 Å². The van der Waals surface area contributed by atoms with Gasteiger partial charge < -0.3 is 47.0 Å². The van der Waals surface area contributed by atoms with Gasteiger partial charge in [-0.25, -0.2) is 29.9 Å². The van der Waals surface area contributed by atoms with Gasteiger partial charge in [0.05, 0.1) is 19.5 Å². The number of pyridine rings is 3. The zero-order valence-corrected chi connectivity index (χ0v) is 45.2. The van der Waals surface area contributed by atoms with Gasteiger partial charge in [0.15, 0.2) is 0 Å². The summed E-state index contributed by atoms with van der Waals surface area (Å²) in [6.45, 7) is 4.80. The molecular weight excluding hydrogens is 1110 g/mol. The van der Waals surface area contributed by atoms with Gasteiger partial charge in [0, 0.05) is 96.4 Å². The third-order valence-electron chi connectivity index (χ3n) is 14.1. The normalized spacial score (nSPS) is 18.6. The minimum absolute atomic E-state index is 0.206. The average molecular weight is 1160 g/mol. The average Bonchev–Trinajstić information content (AvgIpc) is 3.99. The van der Waals surface area contributed by atoms with Crippen molar-refractivity contribution in [3.05, 3.63) is 142 Å². The first-order chi connectivity index (χ1) is 36.3. The number of nitrogens with zero attached hydrogens (tertiary/aromatic N) is 12. The van der Waals surface area contributed by atoms with Crippen LogP contribution in [0.15, 0.2) is 92.8 Å². The standard InChI is InChI=1S/2C16H17ClN6O2.C12H13BrClN3O2.C4H5N3/c2*1-22-6-3-16(4-7-22)21-14(24)13-10(17)8-11(15(25)23(13)16)20-12-2-5-18-9-19-12;1-16-4-2-12(3-5-16)15-10(18)9-8(14)6-7(13)11(19)17(9)12;5-4-1-2-6-3-7-4/h2*2,5,8-9H,3-4,6-7H2,1H3,(H,21,24)(H,18,19,20);6H,2-5H2,1H3,(H,15,18);1-3H,(H2,5,6,7). The van der Waals surface area contributed by atoms with E-state index in [-0.39, 0.29) is 72.9 Å². The number of aromatic nitrogens is 9. The number of carbonyl (C=O) groups is 3. The number of hydrogen-bond donors (Lipinski definition) is 6. The Balaban J connectivity index is 0.000000132. The Hall–Kier alpha value is -6.87. The molecule has 6 aliphatic rings. The van der Waals surface area contributed by atoms with Crippen molar-refractivity contribution in [3.63, 3.8) is 0 Å². The summed E-state index contributed by atoms with van der Waals surface area (Å²) in [4.78, 5) is 105. The van der Waals surface area contributed by atoms with Crippen molar-refractivity contribution in [2.24, 2.45) is 0 Å². The number of halogens is 4. The number of rotatable bonds is 4. The van der Waals surface area contributed by atoms with E-state index in [4.69, 9.17) is 40.5 Å². The molecule has 0 bridgehead atoms. The van der Waals surface area contributed by atoms with E-state index in [0.717, 1.165) is 39.3 Å². The molecule has 0 radical (unpaired) electrons. The Morgan fingerprint density at radius 1 is 0.513 bits per heavy atom. The van der Waals surface area contributed by atoms with Crippen LogP contribution in [0.2, 0.25) is 15.1 Å². The third kappa shape index (κ3) is 10.6. The van der Waals surface area contributed by atoms with Crippen LogP contribution in [0, 0.1) is 0 Å². The monoisotopic (exact) mass is 1160 g/mol. The number of hydrogen-bond acceptors (Lipinski definition) is 18. The van der Waals surface area contributed by atoms with E-state index in [1.807, 2.05) is 21.1 Å². The number of nitrogens with two attached hydrogens (primary N) is 1. The van der Waals surface area contributed by atoms with Gasteiger partial charge in [-0.2, -0.15) is 0 Å². The quantitative estimate of drug-likeness (QED) is 0.146. The summed E-state index contributed by atoms with van der Waals surface area (Å²) >= 11 is 22.0. The summed E-state index contributed by atoms with van der Waals surface area (Å²) in [5.74, 6) is 0.603. The highest BCUT2D eigenvalue weighted by Gasteiger charge is 2.49. The SMILES string of the molecule is CN1CCC2(CC1)NC(=O)c1c(Cl)cc(Br)c(=O)n12.CN1CCC2(CC1)NC(=O)c1c(Cl)cc(Nc3ccncn3)c(=O)n12.CN1CCC2(CC1)NC(=O)c1c(Cl)cc(Nc3ccncn3)c(=O)n12.Nc1ccncn1. The molecule has 3 spiro atoms. The maximum absolute atomic E-state index is 13.1. The first-order valence-electron chi connectivity index (χ1n) is 24.0. The van der Waals surface area contributed by atoms with Crippen LogP contribution in [0.25, 0.3) is 0 Å². The second kappa shape index (κ2) is 22.0. The van der Waals surface area contributed by atoms with Crippen molar-refractivity contribution in [3.8, 4) is 0 Å². The van der Waals surface area contributed by atoms with Crippen molar-refractivity contribution < 1.29 is 14.4 Å². The van der Waals surface area contributed by atoms with Gasteiger partial charge in [-0.05, 0) is 73.5 Å². The van der Waals surface area contributed by atoms with Gasteiger partial charge in [0.1, 0.15) is 81.9 Å². The van der Waals surface area contributed by atoms with Crippen molar-refractivity contribution >= 4 is 97.3 Å². The number of carbonyl (C=O) groups excluding carboxylic acids is 3. The van der Waals surface area contributed by atoms with E-state index in [0.29, 0.717) is 65.5 Å². The molecule has 12 rings (SSSR count). The molecule has 24 nitrogen and oxygen atoms in total. The Morgan fingerprint density at radius 3 is 1.14 bits per heavy atom. The Labute approximate surface area is 457 Å². The second-order valence-corrected chi connectivity index (χ2v) is 21.1. The predicted molar refractivity (Wildman–Crippen MR) is 288 cm³/mol. The molecule has 0 aliphatic carbocycles. The Morgan fingerprint density at radius 2 is 0.842 bits per heavy atom. The molecule has 76 heavy (non-hydrogen) atoms. The lowest BCUT2D eigenvalue weighted by Gasteiger charge is -2.39. The predicted octanol–water partition coefficient (Wildman–Crippen LogP) is 3.76. The molecule has 0 saturated carbocycles. The maximum atomic E-state index is 13.1. The minimum Gasteiger partial charge on any atom is -0.384 e. The van der Waals surface area contributed by atoms with E-state index in [1.54, 1.807) is 36.8 Å². The largest absolute Gasteiger partial charge is 0.384 e. The van der Waals surface area contributed by atoms with Gasteiger partial charge in [-0.15, -0.1) is 0 Å². The van der Waals surface area contributed by atoms with Crippen LogP contribution < -0.4 is 49.0 Å². The topological polar surface area (TPSA) is 290 Å². The molecule has 3 fully saturated rings. The molecule has 7 N–H and O–H groups in total. The van der Waals surface area contributed by atoms with Crippen molar-refractivity contribution in [2.75, 3.05) is 76.8 Å². The molecule has 3 amide bonds. The highest BCUT2D eigenvalue weighted by atomic mass is 79.9. The second-order valence-electron chi connectivity index (χ2n) is 19.1. The first-order valence-corrected chi connectivity index (χ1v) is 25.9. The van der Waals surface area contributed by atoms with Crippen LogP contribution in [0.3, 0.4) is 0 Å². The number of anilines is 5. The summed E-state index contributed by atoms with van der Waals surface area (Å²) in [6.07, 6.45) is 12.9. The molecule has 12 heterocycles. The summed E-state index contributed by atoms with van der Waals surface area (Å²) in [5.41, 5.74) is 3.65. The Kier molecular flexibility index (Phi) is 15.6. The number of likely N-dealkylation sites (tertiary alicyclic amines) is 3. The molecule has 6 aliphatic heterocycles. The number of nitrogens with one attached hydrogen (secondary N) is 5. The minimum atomic E-state index is -0.719. The number of nitrogen functional groups attached to an aromatic ring is 1. The maximum Gasteiger partial charge on any atom is 0.276 e. The molecule has 0 unspecified atom stereocenters. The Bertz CT molecular complexity index is 3220. The zero-order chi connectivity index (χ0) is 54.1. The van der Waals surface area contributed by atoms with Gasteiger partial charge in [0.25, 0.3) is 34.4 Å². The lowest BCUT2D eigenvalue weighted by Crippen LogP contribution is -2.53. The molecule has 3 saturated heterocycles. The van der Waals surface area contributed by atoms with Crippen LogP contribution >= 0.6 is 50.7 Å². The van der Waals surface area contributed by atoms with Gasteiger partial charge >= 0.3 is 0 Å². The van der Waals surface area contributed by atoms with Crippen molar-refractivity contribution in [2.45, 2.75) is 55.5 Å². The zero-order valence-electron chi connectivity index (χ0n) is 41.3. The first kappa shape index (κ1) is 53.9. The van der Waals surface area contributed by atoms with Crippen molar-refractivity contribution in [1.29, 1.82) is 0 Å². The van der Waals surface area contributed by atoms with Crippen LogP contribution in [-0.2, 0) is 17.0 Å². The third-order valence-corrected chi connectivity index (χ3v) is 15.6. The number of piperidine rings is 3. The van der Waals surface area contributed by atoms with Crippen LogP contribution in [0.1, 0.15) is 70.0 Å². The van der Waals surface area contributed by atoms with Crippen LogP contribution in [0.5, 0.6) is 0 Å². The molecule has 6 aromatic rings. The number of amides is 3. The summed E-state index contributed by atoms with van der Waals surface area (Å²) < 4.78 is 4.97. The van der Waals surface area contributed by atoms with Crippen LogP contribution in [0.4, 0.5) is 28.8 Å². The fourth-order valence-corrected chi connectivity index (χ4v) is 11.4.